The van der Waals surface area contributed by atoms with Gasteiger partial charge in [-0.3, -0.25) is 14.7 Å². The number of hydrogen-bond acceptors (Lipinski definition) is 3. The first-order chi connectivity index (χ1) is 7.78. The number of aryl methyl sites for hydroxylation is 1. The van der Waals surface area contributed by atoms with E-state index in [2.05, 4.69) is 15.5 Å². The van der Waals surface area contributed by atoms with Crippen molar-refractivity contribution in [1.29, 1.82) is 0 Å². The number of anilines is 1. The number of carboxylic acid groups (broad SMARTS) is 1. The van der Waals surface area contributed by atoms with Crippen molar-refractivity contribution in [3.63, 3.8) is 0 Å². The Hall–Kier alpha value is -1.85. The van der Waals surface area contributed by atoms with Crippen LogP contribution in [0.1, 0.15) is 32.4 Å². The number of H-pyrrole nitrogens is 1. The summed E-state index contributed by atoms with van der Waals surface area (Å²) in [6.45, 7) is 5.32. The summed E-state index contributed by atoms with van der Waals surface area (Å²) in [4.78, 5) is 22.3. The lowest BCUT2D eigenvalue weighted by Gasteiger charge is -2.20. The van der Waals surface area contributed by atoms with Gasteiger partial charge >= 0.3 is 5.97 Å². The van der Waals surface area contributed by atoms with Crippen molar-refractivity contribution < 1.29 is 14.7 Å². The number of amides is 1. The third-order valence-electron chi connectivity index (χ3n) is 2.24. The molecule has 0 aliphatic rings. The molecular formula is C11H17N3O3. The summed E-state index contributed by atoms with van der Waals surface area (Å²) in [6.07, 6.45) is 0.102. The van der Waals surface area contributed by atoms with Gasteiger partial charge in [0.2, 0.25) is 5.91 Å². The van der Waals surface area contributed by atoms with Crippen molar-refractivity contribution in [2.75, 3.05) is 5.32 Å². The van der Waals surface area contributed by atoms with Gasteiger partial charge in [0.25, 0.3) is 0 Å². The quantitative estimate of drug-likeness (QED) is 0.726. The summed E-state index contributed by atoms with van der Waals surface area (Å²) in [5.41, 5.74) is 0.284. The molecule has 0 unspecified atom stereocenters. The molecule has 0 aliphatic heterocycles. The third kappa shape index (κ3) is 4.67. The normalized spacial score (nSPS) is 11.2. The highest BCUT2D eigenvalue weighted by atomic mass is 16.4. The maximum absolute atomic E-state index is 11.7. The van der Waals surface area contributed by atoms with E-state index in [1.807, 2.05) is 6.92 Å². The maximum Gasteiger partial charge on any atom is 0.303 e. The molecule has 0 bridgehead atoms. The van der Waals surface area contributed by atoms with Gasteiger partial charge in [-0.25, -0.2) is 0 Å². The minimum absolute atomic E-state index is 0.0417. The molecule has 0 aromatic carbocycles. The third-order valence-corrected chi connectivity index (χ3v) is 2.24. The van der Waals surface area contributed by atoms with Crippen LogP contribution in [0.4, 0.5) is 5.82 Å². The van der Waals surface area contributed by atoms with E-state index in [0.29, 0.717) is 5.82 Å². The topological polar surface area (TPSA) is 95.1 Å². The van der Waals surface area contributed by atoms with Gasteiger partial charge in [-0.15, -0.1) is 0 Å². The van der Waals surface area contributed by atoms with Gasteiger partial charge < -0.3 is 10.4 Å². The minimum Gasteiger partial charge on any atom is -0.481 e. The van der Waals surface area contributed by atoms with E-state index in [0.717, 1.165) is 5.69 Å². The van der Waals surface area contributed by atoms with Crippen molar-refractivity contribution in [1.82, 2.24) is 10.2 Å². The zero-order valence-electron chi connectivity index (χ0n) is 10.2. The number of hydrogen-bond donors (Lipinski definition) is 3. The standard InChI is InChI=1S/C11H17N3O3/c1-7-4-8(14-13-7)12-9(15)5-11(2,3)6-10(16)17/h4H,5-6H2,1-3H3,(H,16,17)(H2,12,13,14,15). The first-order valence-electron chi connectivity index (χ1n) is 5.32. The van der Waals surface area contributed by atoms with Crippen LogP contribution in [0.5, 0.6) is 0 Å². The van der Waals surface area contributed by atoms with Crippen LogP contribution in [-0.2, 0) is 9.59 Å². The molecule has 0 fully saturated rings. The number of aromatic nitrogens is 2. The molecule has 6 heteroatoms. The minimum atomic E-state index is -0.904. The molecule has 3 N–H and O–H groups in total. The van der Waals surface area contributed by atoms with Crippen LogP contribution in [0.25, 0.3) is 0 Å². The predicted octanol–water partition coefficient (Wildman–Crippen LogP) is 1.55. The Morgan fingerprint density at radius 1 is 1.47 bits per heavy atom. The Morgan fingerprint density at radius 3 is 2.59 bits per heavy atom. The molecule has 1 heterocycles. The molecule has 0 atom stereocenters. The maximum atomic E-state index is 11.7. The van der Waals surface area contributed by atoms with E-state index in [1.54, 1.807) is 19.9 Å². The lowest BCUT2D eigenvalue weighted by atomic mass is 9.85. The first-order valence-corrected chi connectivity index (χ1v) is 5.32. The SMILES string of the molecule is Cc1cc(NC(=O)CC(C)(C)CC(=O)O)n[nH]1. The van der Waals surface area contributed by atoms with Gasteiger partial charge in [0.05, 0.1) is 6.42 Å². The summed E-state index contributed by atoms with van der Waals surface area (Å²) in [5.74, 6) is -0.681. The lowest BCUT2D eigenvalue weighted by molar-refractivity contribution is -0.139. The Balaban J connectivity index is 2.52. The molecule has 0 saturated carbocycles. The molecule has 0 saturated heterocycles. The number of carbonyl (C=O) groups excluding carboxylic acids is 1. The highest BCUT2D eigenvalue weighted by molar-refractivity contribution is 5.90. The molecule has 0 radical (unpaired) electrons. The van der Waals surface area contributed by atoms with Crippen LogP contribution in [-0.4, -0.2) is 27.2 Å². The summed E-state index contributed by atoms with van der Waals surface area (Å²) < 4.78 is 0. The average molecular weight is 239 g/mol. The van der Waals surface area contributed by atoms with Crippen molar-refractivity contribution in [3.05, 3.63) is 11.8 Å². The highest BCUT2D eigenvalue weighted by Crippen LogP contribution is 2.25. The zero-order valence-corrected chi connectivity index (χ0v) is 10.2. The van der Waals surface area contributed by atoms with E-state index >= 15 is 0 Å². The summed E-state index contributed by atoms with van der Waals surface area (Å²) in [7, 11) is 0. The monoisotopic (exact) mass is 239 g/mol. The van der Waals surface area contributed by atoms with Crippen molar-refractivity contribution in [2.24, 2.45) is 5.41 Å². The number of nitrogens with one attached hydrogen (secondary N) is 2. The molecule has 1 aromatic heterocycles. The number of carbonyl (C=O) groups is 2. The highest BCUT2D eigenvalue weighted by Gasteiger charge is 2.25. The van der Waals surface area contributed by atoms with Crippen LogP contribution < -0.4 is 5.32 Å². The molecule has 1 aromatic rings. The fourth-order valence-electron chi connectivity index (χ4n) is 1.58. The summed E-state index contributed by atoms with van der Waals surface area (Å²) in [6, 6.07) is 1.71. The van der Waals surface area contributed by atoms with Crippen LogP contribution in [0.2, 0.25) is 0 Å². The van der Waals surface area contributed by atoms with Gasteiger partial charge in [-0.2, -0.15) is 5.10 Å². The molecule has 94 valence electrons. The van der Waals surface area contributed by atoms with Gasteiger partial charge in [0.1, 0.15) is 0 Å². The lowest BCUT2D eigenvalue weighted by Crippen LogP contribution is -2.24. The fraction of sp³-hybridized carbons (Fsp3) is 0.545. The summed E-state index contributed by atoms with van der Waals surface area (Å²) >= 11 is 0. The van der Waals surface area contributed by atoms with Crippen molar-refractivity contribution in [3.8, 4) is 0 Å². The van der Waals surface area contributed by atoms with E-state index in [-0.39, 0.29) is 18.7 Å². The van der Waals surface area contributed by atoms with Gasteiger partial charge in [0.15, 0.2) is 5.82 Å². The second-order valence-electron chi connectivity index (χ2n) is 4.90. The Labute approximate surface area is 99.4 Å². The van der Waals surface area contributed by atoms with Crippen molar-refractivity contribution in [2.45, 2.75) is 33.6 Å². The smallest absolute Gasteiger partial charge is 0.303 e. The predicted molar refractivity (Wildman–Crippen MR) is 62.6 cm³/mol. The van der Waals surface area contributed by atoms with Crippen LogP contribution in [0, 0.1) is 12.3 Å². The van der Waals surface area contributed by atoms with Crippen molar-refractivity contribution >= 4 is 17.7 Å². The Morgan fingerprint density at radius 2 is 2.12 bits per heavy atom. The van der Waals surface area contributed by atoms with Gasteiger partial charge in [0, 0.05) is 18.2 Å². The van der Waals surface area contributed by atoms with Crippen LogP contribution in [0.15, 0.2) is 6.07 Å². The van der Waals surface area contributed by atoms with Crippen LogP contribution in [0.3, 0.4) is 0 Å². The molecule has 1 rings (SSSR count). The molecule has 0 aliphatic carbocycles. The second-order valence-corrected chi connectivity index (χ2v) is 4.90. The van der Waals surface area contributed by atoms with E-state index in [1.165, 1.54) is 0 Å². The number of aromatic amines is 1. The second kappa shape index (κ2) is 4.99. The number of rotatable bonds is 5. The molecule has 1 amide bonds. The molecule has 17 heavy (non-hydrogen) atoms. The number of nitrogens with zero attached hydrogens (tertiary/aromatic N) is 1. The molecule has 0 spiro atoms. The van der Waals surface area contributed by atoms with Gasteiger partial charge in [-0.05, 0) is 12.3 Å². The van der Waals surface area contributed by atoms with Crippen LogP contribution >= 0.6 is 0 Å². The molecule has 6 nitrogen and oxygen atoms in total. The van der Waals surface area contributed by atoms with E-state index in [9.17, 15) is 9.59 Å². The van der Waals surface area contributed by atoms with Gasteiger partial charge in [-0.1, -0.05) is 13.8 Å². The summed E-state index contributed by atoms with van der Waals surface area (Å²) in [5, 5.41) is 17.9. The average Bonchev–Trinajstić information content (AvgIpc) is 2.46. The zero-order chi connectivity index (χ0) is 13.1. The number of aliphatic carboxylic acids is 1. The Bertz CT molecular complexity index is 423. The fourth-order valence-corrected chi connectivity index (χ4v) is 1.58. The number of carboxylic acids is 1. The first kappa shape index (κ1) is 13.2. The largest absolute Gasteiger partial charge is 0.481 e. The molecular weight excluding hydrogens is 222 g/mol. The van der Waals surface area contributed by atoms with E-state index < -0.39 is 11.4 Å². The van der Waals surface area contributed by atoms with E-state index in [4.69, 9.17) is 5.11 Å². The Kier molecular flexibility index (Phi) is 3.88.